The molecule has 0 amide bonds. The van der Waals surface area contributed by atoms with Crippen molar-refractivity contribution in [2.75, 3.05) is 0 Å². The minimum Gasteiger partial charge on any atom is -0.211 e. The van der Waals surface area contributed by atoms with Crippen molar-refractivity contribution in [1.82, 2.24) is 0 Å². The number of rotatable bonds is 4. The lowest BCUT2D eigenvalue weighted by Gasteiger charge is -2.09. The zero-order valence-electron chi connectivity index (χ0n) is 6.60. The van der Waals surface area contributed by atoms with E-state index in [0.29, 0.717) is 6.42 Å². The van der Waals surface area contributed by atoms with Crippen molar-refractivity contribution in [2.45, 2.75) is 32.7 Å². The summed E-state index contributed by atoms with van der Waals surface area (Å²) in [5.41, 5.74) is 0. The highest BCUT2D eigenvalue weighted by molar-refractivity contribution is 5.33. The Morgan fingerprint density at radius 1 is 1.55 bits per heavy atom. The van der Waals surface area contributed by atoms with Crippen molar-refractivity contribution >= 4 is 6.08 Å². The molecule has 2 nitrogen and oxygen atoms in total. The van der Waals surface area contributed by atoms with E-state index in [4.69, 9.17) is 0 Å². The molecular weight excluding hydrogens is 152 g/mol. The summed E-state index contributed by atoms with van der Waals surface area (Å²) in [5, 5.41) is 0. The summed E-state index contributed by atoms with van der Waals surface area (Å²) in [6.45, 7) is 3.67. The predicted octanol–water partition coefficient (Wildman–Crippen LogP) is 2.35. The number of aliphatic imine (C=N–C) groups is 1. The Morgan fingerprint density at radius 3 is 2.45 bits per heavy atom. The molecule has 0 aromatic heterocycles. The van der Waals surface area contributed by atoms with E-state index in [1.54, 1.807) is 0 Å². The largest absolute Gasteiger partial charge is 0.351 e. The standard InChI is InChI=1S/C7H11F2NO/c1-6(2)3-4-7(8,9)10-5-11/h6H,3-4H2,1-2H3. The normalized spacial score (nSPS) is 11.4. The Balaban J connectivity index is 3.82. The summed E-state index contributed by atoms with van der Waals surface area (Å²) in [5.74, 6) is 0.197. The highest BCUT2D eigenvalue weighted by Gasteiger charge is 2.27. The molecule has 0 radical (unpaired) electrons. The van der Waals surface area contributed by atoms with E-state index < -0.39 is 6.05 Å². The van der Waals surface area contributed by atoms with E-state index in [-0.39, 0.29) is 12.3 Å². The van der Waals surface area contributed by atoms with Crippen molar-refractivity contribution in [3.63, 3.8) is 0 Å². The van der Waals surface area contributed by atoms with Crippen molar-refractivity contribution < 1.29 is 13.6 Å². The monoisotopic (exact) mass is 163 g/mol. The van der Waals surface area contributed by atoms with E-state index in [1.807, 2.05) is 13.8 Å². The molecule has 0 unspecified atom stereocenters. The maximum absolute atomic E-state index is 12.4. The molecule has 0 saturated heterocycles. The first-order chi connectivity index (χ1) is 4.98. The Morgan fingerprint density at radius 2 is 2.09 bits per heavy atom. The van der Waals surface area contributed by atoms with Gasteiger partial charge in [0, 0.05) is 6.42 Å². The lowest BCUT2D eigenvalue weighted by molar-refractivity contribution is -0.00259. The van der Waals surface area contributed by atoms with Crippen LogP contribution >= 0.6 is 0 Å². The second kappa shape index (κ2) is 4.19. The number of nitrogens with zero attached hydrogens (tertiary/aromatic N) is 1. The van der Waals surface area contributed by atoms with E-state index in [1.165, 1.54) is 0 Å². The molecular formula is C7H11F2NO. The van der Waals surface area contributed by atoms with E-state index in [0.717, 1.165) is 6.08 Å². The molecule has 0 saturated carbocycles. The average Bonchev–Trinajstić information content (AvgIpc) is 1.84. The average molecular weight is 163 g/mol. The zero-order valence-corrected chi connectivity index (χ0v) is 6.60. The van der Waals surface area contributed by atoms with E-state index in [9.17, 15) is 13.6 Å². The van der Waals surface area contributed by atoms with Gasteiger partial charge in [0.05, 0.1) is 0 Å². The topological polar surface area (TPSA) is 29.4 Å². The fraction of sp³-hybridized carbons (Fsp3) is 0.857. The molecule has 0 rings (SSSR count). The molecule has 0 heterocycles. The minimum absolute atomic E-state index is 0.197. The van der Waals surface area contributed by atoms with Crippen LogP contribution in [0.4, 0.5) is 8.78 Å². The van der Waals surface area contributed by atoms with Gasteiger partial charge >= 0.3 is 6.05 Å². The van der Waals surface area contributed by atoms with E-state index in [2.05, 4.69) is 4.99 Å². The Labute approximate surface area is 64.3 Å². The van der Waals surface area contributed by atoms with Crippen LogP contribution in [0.1, 0.15) is 26.7 Å². The van der Waals surface area contributed by atoms with E-state index >= 15 is 0 Å². The number of halogens is 2. The Hall–Kier alpha value is -0.760. The predicted molar refractivity (Wildman–Crippen MR) is 37.1 cm³/mol. The molecule has 0 aliphatic carbocycles. The van der Waals surface area contributed by atoms with Crippen LogP contribution < -0.4 is 0 Å². The third kappa shape index (κ3) is 5.67. The summed E-state index contributed by atoms with van der Waals surface area (Å²) in [6.07, 6.45) is 0.841. The second-order valence-corrected chi connectivity index (χ2v) is 2.80. The van der Waals surface area contributed by atoms with Gasteiger partial charge in [-0.2, -0.15) is 8.78 Å². The molecule has 11 heavy (non-hydrogen) atoms. The van der Waals surface area contributed by atoms with Gasteiger partial charge in [-0.3, -0.25) is 0 Å². The summed E-state index contributed by atoms with van der Waals surface area (Å²) in [4.78, 5) is 11.9. The van der Waals surface area contributed by atoms with Crippen molar-refractivity contribution in [2.24, 2.45) is 10.9 Å². The molecule has 0 atom stereocenters. The molecule has 0 aliphatic rings. The molecule has 0 spiro atoms. The first kappa shape index (κ1) is 10.2. The first-order valence-electron chi connectivity index (χ1n) is 3.45. The third-order valence-corrected chi connectivity index (χ3v) is 1.23. The molecule has 0 bridgehead atoms. The lowest BCUT2D eigenvalue weighted by Crippen LogP contribution is -2.12. The van der Waals surface area contributed by atoms with Gasteiger partial charge < -0.3 is 0 Å². The fourth-order valence-corrected chi connectivity index (χ4v) is 0.585. The molecule has 0 aromatic carbocycles. The SMILES string of the molecule is CC(C)CCC(F)(F)N=C=O. The summed E-state index contributed by atoms with van der Waals surface area (Å²) < 4.78 is 24.7. The van der Waals surface area contributed by atoms with Crippen LogP contribution in [0, 0.1) is 5.92 Å². The number of isocyanates is 1. The number of carbonyl (C=O) groups excluding carboxylic acids is 1. The van der Waals surface area contributed by atoms with Crippen LogP contribution in [0.15, 0.2) is 4.99 Å². The molecule has 0 fully saturated rings. The zero-order chi connectivity index (χ0) is 8.91. The maximum Gasteiger partial charge on any atom is 0.351 e. The number of hydrogen-bond acceptors (Lipinski definition) is 2. The van der Waals surface area contributed by atoms with Gasteiger partial charge in [-0.15, -0.1) is 4.99 Å². The molecule has 0 aromatic rings. The van der Waals surface area contributed by atoms with Gasteiger partial charge in [-0.1, -0.05) is 13.8 Å². The van der Waals surface area contributed by atoms with Gasteiger partial charge in [0.25, 0.3) is 0 Å². The molecule has 0 N–H and O–H groups in total. The van der Waals surface area contributed by atoms with Crippen LogP contribution in [0.25, 0.3) is 0 Å². The Kier molecular flexibility index (Phi) is 3.90. The van der Waals surface area contributed by atoms with Crippen molar-refractivity contribution in [3.8, 4) is 0 Å². The Bertz CT molecular complexity index is 162. The third-order valence-electron chi connectivity index (χ3n) is 1.23. The number of hydrogen-bond donors (Lipinski definition) is 0. The highest BCUT2D eigenvalue weighted by Crippen LogP contribution is 2.23. The van der Waals surface area contributed by atoms with Gasteiger partial charge in [-0.05, 0) is 12.3 Å². The highest BCUT2D eigenvalue weighted by atomic mass is 19.3. The lowest BCUT2D eigenvalue weighted by atomic mass is 10.1. The quantitative estimate of drug-likeness (QED) is 0.355. The van der Waals surface area contributed by atoms with Crippen LogP contribution in [0.2, 0.25) is 0 Å². The molecule has 0 aliphatic heterocycles. The van der Waals surface area contributed by atoms with Gasteiger partial charge in [0.15, 0.2) is 0 Å². The molecule has 4 heteroatoms. The van der Waals surface area contributed by atoms with Gasteiger partial charge in [0.2, 0.25) is 6.08 Å². The second-order valence-electron chi connectivity index (χ2n) is 2.80. The van der Waals surface area contributed by atoms with Crippen molar-refractivity contribution in [3.05, 3.63) is 0 Å². The summed E-state index contributed by atoms with van der Waals surface area (Å²) in [6, 6.07) is -3.22. The maximum atomic E-state index is 12.4. The number of alkyl halides is 2. The summed E-state index contributed by atoms with van der Waals surface area (Å²) >= 11 is 0. The van der Waals surface area contributed by atoms with Crippen molar-refractivity contribution in [1.29, 1.82) is 0 Å². The fourth-order valence-electron chi connectivity index (χ4n) is 0.585. The first-order valence-corrected chi connectivity index (χ1v) is 3.45. The minimum atomic E-state index is -3.22. The van der Waals surface area contributed by atoms with Crippen LogP contribution in [0.5, 0.6) is 0 Å². The van der Waals surface area contributed by atoms with Gasteiger partial charge in [-0.25, -0.2) is 4.79 Å². The van der Waals surface area contributed by atoms with Crippen LogP contribution in [-0.4, -0.2) is 12.1 Å². The van der Waals surface area contributed by atoms with Gasteiger partial charge in [0.1, 0.15) is 0 Å². The van der Waals surface area contributed by atoms with Crippen LogP contribution in [-0.2, 0) is 4.79 Å². The summed E-state index contributed by atoms with van der Waals surface area (Å²) in [7, 11) is 0. The van der Waals surface area contributed by atoms with Crippen LogP contribution in [0.3, 0.4) is 0 Å². The smallest absolute Gasteiger partial charge is 0.211 e. The molecule has 64 valence electrons.